The molecular weight excluding hydrogens is 639 g/mol. The summed E-state index contributed by atoms with van der Waals surface area (Å²) in [7, 11) is 0. The van der Waals surface area contributed by atoms with Crippen molar-refractivity contribution in [3.8, 4) is 0 Å². The predicted molar refractivity (Wildman–Crippen MR) is 230 cm³/mol. The topological polar surface area (TPSA) is 69.6 Å². The van der Waals surface area contributed by atoms with Crippen molar-refractivity contribution in [1.29, 1.82) is 0 Å². The Labute approximate surface area is 327 Å². The zero-order valence-electron chi connectivity index (χ0n) is 35.9. The lowest BCUT2D eigenvalue weighted by atomic mass is 10.0. The molecule has 312 valence electrons. The lowest BCUT2D eigenvalue weighted by Crippen LogP contribution is -2.45. The highest BCUT2D eigenvalue weighted by molar-refractivity contribution is 5.76. The number of unbranched alkanes of at least 4 members (excludes halogenated alkanes) is 38. The van der Waals surface area contributed by atoms with Gasteiger partial charge in [0.1, 0.15) is 0 Å². The van der Waals surface area contributed by atoms with Gasteiger partial charge < -0.3 is 15.5 Å². The van der Waals surface area contributed by atoms with E-state index >= 15 is 0 Å². The molecule has 2 atom stereocenters. The van der Waals surface area contributed by atoms with Crippen molar-refractivity contribution in [2.24, 2.45) is 0 Å². The summed E-state index contributed by atoms with van der Waals surface area (Å²) in [5, 5.41) is 23.1. The second-order valence-electron chi connectivity index (χ2n) is 16.9. The van der Waals surface area contributed by atoms with Crippen molar-refractivity contribution < 1.29 is 15.0 Å². The smallest absolute Gasteiger partial charge is 0.220 e. The van der Waals surface area contributed by atoms with Crippen molar-refractivity contribution >= 4 is 5.91 Å². The molecule has 0 aliphatic heterocycles. The van der Waals surface area contributed by atoms with E-state index in [1.165, 1.54) is 231 Å². The van der Waals surface area contributed by atoms with Crippen LogP contribution in [0.25, 0.3) is 0 Å². The van der Waals surface area contributed by atoms with Gasteiger partial charge in [0.25, 0.3) is 0 Å². The molecule has 0 spiro atoms. The Morgan fingerprint density at radius 3 is 0.865 bits per heavy atom. The van der Waals surface area contributed by atoms with Gasteiger partial charge in [0.05, 0.1) is 18.8 Å². The van der Waals surface area contributed by atoms with Crippen LogP contribution in [-0.2, 0) is 4.79 Å². The van der Waals surface area contributed by atoms with Gasteiger partial charge in [-0.05, 0) is 12.8 Å². The molecule has 4 heteroatoms. The number of carbonyl (C=O) groups is 1. The number of rotatable bonds is 45. The van der Waals surface area contributed by atoms with E-state index in [1.54, 1.807) is 0 Å². The number of hydrogen-bond acceptors (Lipinski definition) is 3. The Hall–Kier alpha value is -0.610. The fraction of sp³-hybridized carbons (Fsp3) is 0.979. The van der Waals surface area contributed by atoms with Gasteiger partial charge >= 0.3 is 0 Å². The van der Waals surface area contributed by atoms with Crippen molar-refractivity contribution in [1.82, 2.24) is 5.32 Å². The molecule has 0 fully saturated rings. The van der Waals surface area contributed by atoms with Gasteiger partial charge in [0.15, 0.2) is 0 Å². The van der Waals surface area contributed by atoms with Crippen LogP contribution in [0.15, 0.2) is 0 Å². The molecule has 0 rings (SSSR count). The first-order chi connectivity index (χ1) is 25.7. The summed E-state index contributed by atoms with van der Waals surface area (Å²) < 4.78 is 0. The van der Waals surface area contributed by atoms with Crippen LogP contribution in [0.5, 0.6) is 0 Å². The van der Waals surface area contributed by atoms with Crippen LogP contribution in [0.1, 0.15) is 284 Å². The minimum Gasteiger partial charge on any atom is -0.394 e. The molecule has 0 aromatic rings. The summed E-state index contributed by atoms with van der Waals surface area (Å²) in [5.41, 5.74) is 0. The third kappa shape index (κ3) is 40.6. The number of carbonyl (C=O) groups excluding carboxylic acids is 1. The van der Waals surface area contributed by atoms with Gasteiger partial charge in [-0.1, -0.05) is 264 Å². The molecule has 0 heterocycles. The van der Waals surface area contributed by atoms with E-state index in [0.29, 0.717) is 12.8 Å². The van der Waals surface area contributed by atoms with Crippen LogP contribution in [0, 0.1) is 0 Å². The van der Waals surface area contributed by atoms with Gasteiger partial charge in [-0.3, -0.25) is 4.79 Å². The third-order valence-electron chi connectivity index (χ3n) is 11.6. The largest absolute Gasteiger partial charge is 0.394 e. The molecule has 0 saturated heterocycles. The Morgan fingerprint density at radius 1 is 0.385 bits per heavy atom. The highest BCUT2D eigenvalue weighted by atomic mass is 16.3. The molecule has 0 bridgehead atoms. The Morgan fingerprint density at radius 2 is 0.615 bits per heavy atom. The van der Waals surface area contributed by atoms with Gasteiger partial charge in [-0.15, -0.1) is 0 Å². The zero-order chi connectivity index (χ0) is 37.8. The first kappa shape index (κ1) is 51.4. The fourth-order valence-electron chi connectivity index (χ4n) is 7.89. The molecule has 0 aromatic carbocycles. The number of amides is 1. The number of hydrogen-bond donors (Lipinski definition) is 3. The first-order valence-electron chi connectivity index (χ1n) is 24.2. The standard InChI is InChI=1S/C48H97NO3/c1-3-5-7-9-11-13-15-16-17-18-19-20-21-22-23-24-25-26-27-28-29-30-31-32-34-36-38-40-42-44-48(52)49-46(45-50)47(51)43-41-39-37-35-33-14-12-10-8-6-4-2/h46-47,50-51H,3-45H2,1-2H3,(H,49,52)/t46-,47+/m0/s1. The summed E-state index contributed by atoms with van der Waals surface area (Å²) in [6, 6.07) is -0.528. The van der Waals surface area contributed by atoms with Crippen molar-refractivity contribution in [3.05, 3.63) is 0 Å². The van der Waals surface area contributed by atoms with Crippen LogP contribution in [0.4, 0.5) is 0 Å². The molecule has 4 nitrogen and oxygen atoms in total. The number of aliphatic hydroxyl groups excluding tert-OH is 2. The monoisotopic (exact) mass is 736 g/mol. The second-order valence-corrected chi connectivity index (χ2v) is 16.9. The molecule has 1 amide bonds. The predicted octanol–water partition coefficient (Wildman–Crippen LogP) is 15.2. The molecule has 0 aliphatic rings. The highest BCUT2D eigenvalue weighted by Gasteiger charge is 2.20. The Kier molecular flexibility index (Phi) is 44.3. The van der Waals surface area contributed by atoms with Crippen LogP contribution in [0.3, 0.4) is 0 Å². The van der Waals surface area contributed by atoms with Crippen LogP contribution in [-0.4, -0.2) is 34.9 Å². The average Bonchev–Trinajstić information content (AvgIpc) is 3.15. The molecule has 0 saturated carbocycles. The van der Waals surface area contributed by atoms with E-state index in [2.05, 4.69) is 19.2 Å². The highest BCUT2D eigenvalue weighted by Crippen LogP contribution is 2.17. The summed E-state index contributed by atoms with van der Waals surface area (Å²) in [5.74, 6) is -0.0259. The SMILES string of the molecule is CCCCCCCCCCCCCCCCCCCCCCCCCCCCCCCC(=O)N[C@@H](CO)[C@H](O)CCCCCCCCCCCCC. The lowest BCUT2D eigenvalue weighted by molar-refractivity contribution is -0.123. The Bertz CT molecular complexity index is 670. The van der Waals surface area contributed by atoms with Crippen LogP contribution in [0.2, 0.25) is 0 Å². The van der Waals surface area contributed by atoms with E-state index in [0.717, 1.165) is 25.7 Å². The average molecular weight is 736 g/mol. The molecule has 0 aromatic heterocycles. The number of nitrogens with one attached hydrogen (secondary N) is 1. The van der Waals surface area contributed by atoms with E-state index in [4.69, 9.17) is 0 Å². The van der Waals surface area contributed by atoms with Crippen LogP contribution >= 0.6 is 0 Å². The van der Waals surface area contributed by atoms with Gasteiger partial charge in [-0.25, -0.2) is 0 Å². The van der Waals surface area contributed by atoms with Crippen molar-refractivity contribution in [3.63, 3.8) is 0 Å². The summed E-state index contributed by atoms with van der Waals surface area (Å²) in [4.78, 5) is 12.4. The minimum absolute atomic E-state index is 0.0259. The molecular formula is C48H97NO3. The fourth-order valence-corrected chi connectivity index (χ4v) is 7.89. The summed E-state index contributed by atoms with van der Waals surface area (Å²) in [6.07, 6.45) is 55.0. The first-order valence-corrected chi connectivity index (χ1v) is 24.2. The third-order valence-corrected chi connectivity index (χ3v) is 11.6. The van der Waals surface area contributed by atoms with Gasteiger partial charge in [0, 0.05) is 6.42 Å². The van der Waals surface area contributed by atoms with E-state index in [-0.39, 0.29) is 12.5 Å². The zero-order valence-corrected chi connectivity index (χ0v) is 35.9. The number of aliphatic hydroxyl groups is 2. The molecule has 0 unspecified atom stereocenters. The van der Waals surface area contributed by atoms with Crippen molar-refractivity contribution in [2.45, 2.75) is 296 Å². The maximum Gasteiger partial charge on any atom is 0.220 e. The van der Waals surface area contributed by atoms with E-state index in [1.807, 2.05) is 0 Å². The minimum atomic E-state index is -0.652. The lowest BCUT2D eigenvalue weighted by Gasteiger charge is -2.22. The second kappa shape index (κ2) is 44.8. The van der Waals surface area contributed by atoms with E-state index < -0.39 is 12.1 Å². The van der Waals surface area contributed by atoms with E-state index in [9.17, 15) is 15.0 Å². The molecule has 0 radical (unpaired) electrons. The summed E-state index contributed by atoms with van der Waals surface area (Å²) >= 11 is 0. The molecule has 3 N–H and O–H groups in total. The maximum atomic E-state index is 12.4. The van der Waals surface area contributed by atoms with Crippen LogP contribution < -0.4 is 5.32 Å². The molecule has 0 aliphatic carbocycles. The van der Waals surface area contributed by atoms with Gasteiger partial charge in [0.2, 0.25) is 5.91 Å². The molecule has 52 heavy (non-hydrogen) atoms. The van der Waals surface area contributed by atoms with Gasteiger partial charge in [-0.2, -0.15) is 0 Å². The Balaban J connectivity index is 3.36. The maximum absolute atomic E-state index is 12.4. The quantitative estimate of drug-likeness (QED) is 0.0545. The summed E-state index contributed by atoms with van der Waals surface area (Å²) in [6.45, 7) is 4.37. The van der Waals surface area contributed by atoms with Crippen molar-refractivity contribution in [2.75, 3.05) is 6.61 Å². The normalized spacial score (nSPS) is 12.8.